The van der Waals surface area contributed by atoms with Crippen LogP contribution in [-0.4, -0.2) is 37.0 Å². The van der Waals surface area contributed by atoms with Crippen LogP contribution in [0.5, 0.6) is 0 Å². The molecule has 3 rings (SSSR count). The summed E-state index contributed by atoms with van der Waals surface area (Å²) in [5, 5.41) is 6.58. The summed E-state index contributed by atoms with van der Waals surface area (Å²) in [6.45, 7) is 2.30. The van der Waals surface area contributed by atoms with Gasteiger partial charge >= 0.3 is 0 Å². The van der Waals surface area contributed by atoms with Crippen LogP contribution in [0.2, 0.25) is 0 Å². The highest BCUT2D eigenvalue weighted by Crippen LogP contribution is 2.30. The minimum Gasteiger partial charge on any atom is -0.382 e. The van der Waals surface area contributed by atoms with Crippen molar-refractivity contribution < 1.29 is 4.79 Å². The van der Waals surface area contributed by atoms with Crippen molar-refractivity contribution in [2.24, 2.45) is 5.92 Å². The molecule has 2 fully saturated rings. The summed E-state index contributed by atoms with van der Waals surface area (Å²) in [7, 11) is 2.17. The van der Waals surface area contributed by atoms with Gasteiger partial charge in [0.25, 0.3) is 0 Å². The monoisotopic (exact) mass is 273 g/mol. The van der Waals surface area contributed by atoms with Crippen LogP contribution in [0, 0.1) is 5.92 Å². The van der Waals surface area contributed by atoms with E-state index in [1.165, 1.54) is 12.8 Å². The molecule has 1 aliphatic heterocycles. The van der Waals surface area contributed by atoms with Gasteiger partial charge in [-0.05, 0) is 64.0 Å². The van der Waals surface area contributed by atoms with Gasteiger partial charge in [0.15, 0.2) is 0 Å². The minimum absolute atomic E-state index is 0.168. The molecule has 1 amide bonds. The molecular weight excluding hydrogens is 250 g/mol. The van der Waals surface area contributed by atoms with Gasteiger partial charge in [-0.15, -0.1) is 0 Å². The van der Waals surface area contributed by atoms with E-state index in [-0.39, 0.29) is 11.8 Å². The summed E-state index contributed by atoms with van der Waals surface area (Å²) in [6, 6.07) is 8.62. The first-order valence-corrected chi connectivity index (χ1v) is 7.57. The zero-order chi connectivity index (χ0) is 13.9. The first-order valence-electron chi connectivity index (χ1n) is 7.57. The normalized spacial score (nSPS) is 20.6. The fourth-order valence-electron chi connectivity index (χ4n) is 2.67. The number of amides is 1. The van der Waals surface area contributed by atoms with Gasteiger partial charge in [0.2, 0.25) is 5.91 Å². The Bertz CT molecular complexity index is 476. The molecule has 1 aromatic rings. The van der Waals surface area contributed by atoms with E-state index in [9.17, 15) is 4.79 Å². The lowest BCUT2D eigenvalue weighted by Crippen LogP contribution is -2.36. The SMILES string of the molecule is CN1CCC(Nc2cccc(NC(=O)C3CC3)c2)CC1. The molecule has 108 valence electrons. The smallest absolute Gasteiger partial charge is 0.227 e. The van der Waals surface area contributed by atoms with E-state index in [4.69, 9.17) is 0 Å². The van der Waals surface area contributed by atoms with Gasteiger partial charge in [-0.1, -0.05) is 6.07 Å². The van der Waals surface area contributed by atoms with Crippen LogP contribution in [0.1, 0.15) is 25.7 Å². The van der Waals surface area contributed by atoms with Crippen LogP contribution >= 0.6 is 0 Å². The molecule has 1 heterocycles. The zero-order valence-corrected chi connectivity index (χ0v) is 12.1. The number of likely N-dealkylation sites (tertiary alicyclic amines) is 1. The third-order valence-corrected chi connectivity index (χ3v) is 4.17. The van der Waals surface area contributed by atoms with Crippen molar-refractivity contribution in [2.75, 3.05) is 30.8 Å². The van der Waals surface area contributed by atoms with Crippen molar-refractivity contribution in [3.8, 4) is 0 Å². The minimum atomic E-state index is 0.168. The third-order valence-electron chi connectivity index (χ3n) is 4.17. The summed E-state index contributed by atoms with van der Waals surface area (Å²) < 4.78 is 0. The molecule has 4 heteroatoms. The van der Waals surface area contributed by atoms with Gasteiger partial charge in [-0.2, -0.15) is 0 Å². The van der Waals surface area contributed by atoms with E-state index in [1.54, 1.807) is 0 Å². The van der Waals surface area contributed by atoms with E-state index in [0.717, 1.165) is 37.3 Å². The summed E-state index contributed by atoms with van der Waals surface area (Å²) in [5.74, 6) is 0.418. The second-order valence-electron chi connectivity index (χ2n) is 6.07. The summed E-state index contributed by atoms with van der Waals surface area (Å²) in [5.41, 5.74) is 2.01. The fraction of sp³-hybridized carbons (Fsp3) is 0.562. The topological polar surface area (TPSA) is 44.4 Å². The van der Waals surface area contributed by atoms with Gasteiger partial charge in [-0.25, -0.2) is 0 Å². The highest BCUT2D eigenvalue weighted by molar-refractivity contribution is 5.94. The highest BCUT2D eigenvalue weighted by Gasteiger charge is 2.29. The Hall–Kier alpha value is -1.55. The molecule has 0 bridgehead atoms. The van der Waals surface area contributed by atoms with Gasteiger partial charge < -0.3 is 15.5 Å². The molecule has 2 aliphatic rings. The highest BCUT2D eigenvalue weighted by atomic mass is 16.2. The predicted molar refractivity (Wildman–Crippen MR) is 81.9 cm³/mol. The van der Waals surface area contributed by atoms with Crippen molar-refractivity contribution in [1.29, 1.82) is 0 Å². The molecule has 2 N–H and O–H groups in total. The lowest BCUT2D eigenvalue weighted by molar-refractivity contribution is -0.117. The molecule has 0 radical (unpaired) electrons. The Morgan fingerprint density at radius 1 is 1.15 bits per heavy atom. The largest absolute Gasteiger partial charge is 0.382 e. The maximum absolute atomic E-state index is 11.8. The summed E-state index contributed by atoms with van der Waals surface area (Å²) >= 11 is 0. The molecule has 4 nitrogen and oxygen atoms in total. The van der Waals surface area contributed by atoms with Crippen molar-refractivity contribution in [2.45, 2.75) is 31.7 Å². The third kappa shape index (κ3) is 3.51. The molecule has 1 saturated heterocycles. The molecule has 1 saturated carbocycles. The van der Waals surface area contributed by atoms with Crippen molar-refractivity contribution >= 4 is 17.3 Å². The Balaban J connectivity index is 1.57. The van der Waals surface area contributed by atoms with E-state index in [0.29, 0.717) is 6.04 Å². The molecule has 20 heavy (non-hydrogen) atoms. The number of carbonyl (C=O) groups excluding carboxylic acids is 1. The van der Waals surface area contributed by atoms with Crippen molar-refractivity contribution in [1.82, 2.24) is 4.90 Å². The second kappa shape index (κ2) is 5.83. The predicted octanol–water partition coefficient (Wildman–Crippen LogP) is 2.54. The summed E-state index contributed by atoms with van der Waals surface area (Å²) in [6.07, 6.45) is 4.43. The Labute approximate surface area is 120 Å². The Kier molecular flexibility index (Phi) is 3.92. The molecule has 0 unspecified atom stereocenters. The number of nitrogens with one attached hydrogen (secondary N) is 2. The number of carbonyl (C=O) groups is 1. The Morgan fingerprint density at radius 3 is 2.55 bits per heavy atom. The zero-order valence-electron chi connectivity index (χ0n) is 12.1. The van der Waals surface area contributed by atoms with Crippen molar-refractivity contribution in [3.63, 3.8) is 0 Å². The number of piperidine rings is 1. The van der Waals surface area contributed by atoms with Gasteiger partial charge in [0.1, 0.15) is 0 Å². The number of hydrogen-bond acceptors (Lipinski definition) is 3. The molecule has 0 aromatic heterocycles. The van der Waals surface area contributed by atoms with Gasteiger partial charge in [0.05, 0.1) is 0 Å². The molecule has 0 atom stereocenters. The first-order chi connectivity index (χ1) is 9.70. The maximum Gasteiger partial charge on any atom is 0.227 e. The molecule has 1 aliphatic carbocycles. The Morgan fingerprint density at radius 2 is 1.85 bits per heavy atom. The molecule has 0 spiro atoms. The van der Waals surface area contributed by atoms with Crippen molar-refractivity contribution in [3.05, 3.63) is 24.3 Å². The average molecular weight is 273 g/mol. The molecular formula is C16H23N3O. The maximum atomic E-state index is 11.8. The van der Waals surface area contributed by atoms with Crippen LogP contribution in [-0.2, 0) is 4.79 Å². The number of rotatable bonds is 4. The lowest BCUT2D eigenvalue weighted by atomic mass is 10.1. The fourth-order valence-corrected chi connectivity index (χ4v) is 2.67. The van der Waals surface area contributed by atoms with E-state index >= 15 is 0 Å². The van der Waals surface area contributed by atoms with E-state index in [2.05, 4.69) is 28.6 Å². The summed E-state index contributed by atoms with van der Waals surface area (Å²) in [4.78, 5) is 14.1. The van der Waals surface area contributed by atoms with E-state index < -0.39 is 0 Å². The number of nitrogens with zero attached hydrogens (tertiary/aromatic N) is 1. The van der Waals surface area contributed by atoms with Gasteiger partial charge in [-0.3, -0.25) is 4.79 Å². The van der Waals surface area contributed by atoms with Crippen LogP contribution in [0.4, 0.5) is 11.4 Å². The second-order valence-corrected chi connectivity index (χ2v) is 6.07. The average Bonchev–Trinajstić information content (AvgIpc) is 3.26. The van der Waals surface area contributed by atoms with E-state index in [1.807, 2.05) is 18.2 Å². The number of anilines is 2. The molecule has 1 aromatic carbocycles. The number of hydrogen-bond donors (Lipinski definition) is 2. The first kappa shape index (κ1) is 13.4. The number of benzene rings is 1. The standard InChI is InChI=1S/C16H23N3O/c1-19-9-7-13(8-10-19)17-14-3-2-4-15(11-14)18-16(20)12-5-6-12/h2-4,11-13,17H,5-10H2,1H3,(H,18,20). The van der Waals surface area contributed by atoms with Crippen LogP contribution < -0.4 is 10.6 Å². The van der Waals surface area contributed by atoms with Crippen LogP contribution in [0.15, 0.2) is 24.3 Å². The quantitative estimate of drug-likeness (QED) is 0.886. The lowest BCUT2D eigenvalue weighted by Gasteiger charge is -2.30. The van der Waals surface area contributed by atoms with Crippen LogP contribution in [0.3, 0.4) is 0 Å². The van der Waals surface area contributed by atoms with Crippen LogP contribution in [0.25, 0.3) is 0 Å². The van der Waals surface area contributed by atoms with Gasteiger partial charge in [0, 0.05) is 23.3 Å².